The minimum absolute atomic E-state index is 0.282. The molecule has 0 bridgehead atoms. The van der Waals surface area contributed by atoms with Gasteiger partial charge in [-0.3, -0.25) is 0 Å². The van der Waals surface area contributed by atoms with E-state index in [1.807, 2.05) is 0 Å². The summed E-state index contributed by atoms with van der Waals surface area (Å²) in [5.74, 6) is 0. The third-order valence-electron chi connectivity index (χ3n) is 1.13. The van der Waals surface area contributed by atoms with E-state index >= 15 is 0 Å². The maximum atomic E-state index is 4.91. The highest BCUT2D eigenvalue weighted by Gasteiger charge is 1.92. The van der Waals surface area contributed by atoms with Crippen molar-refractivity contribution < 1.29 is 4.74 Å². The summed E-state index contributed by atoms with van der Waals surface area (Å²) in [7, 11) is 1.48. The third kappa shape index (κ3) is 6.18. The first-order chi connectivity index (χ1) is 3.77. The van der Waals surface area contributed by atoms with E-state index in [9.17, 15) is 0 Å². The predicted molar refractivity (Wildman–Crippen MR) is 40.2 cm³/mol. The Morgan fingerprint density at radius 2 is 2.00 bits per heavy atom. The van der Waals surface area contributed by atoms with E-state index in [-0.39, 0.29) is 8.80 Å². The van der Waals surface area contributed by atoms with Crippen LogP contribution in [-0.2, 0) is 4.74 Å². The highest BCUT2D eigenvalue weighted by atomic mass is 28.3. The van der Waals surface area contributed by atoms with Gasteiger partial charge in [0.1, 0.15) is 0 Å². The monoisotopic (exact) mass is 132 g/mol. The van der Waals surface area contributed by atoms with E-state index in [1.165, 1.54) is 12.5 Å². The molecule has 0 N–H and O–H groups in total. The van der Waals surface area contributed by atoms with Crippen LogP contribution in [-0.4, -0.2) is 22.5 Å². The van der Waals surface area contributed by atoms with Crippen LogP contribution in [0.4, 0.5) is 0 Å². The zero-order valence-electron chi connectivity index (χ0n) is 6.11. The molecule has 0 amide bonds. The molecule has 0 aromatic carbocycles. The van der Waals surface area contributed by atoms with Crippen LogP contribution < -0.4 is 0 Å². The second kappa shape index (κ2) is 5.32. The summed E-state index contributed by atoms with van der Waals surface area (Å²) in [5, 5.41) is 0. The molecule has 0 radical (unpaired) electrons. The summed E-state index contributed by atoms with van der Waals surface area (Å²) < 4.78 is 4.91. The van der Waals surface area contributed by atoms with Gasteiger partial charge in [0, 0.05) is 22.5 Å². The maximum Gasteiger partial charge on any atom is 0.0459 e. The Balaban J connectivity index is 2.72. The normalized spacial score (nSPS) is 10.5. The van der Waals surface area contributed by atoms with Crippen LogP contribution in [0.1, 0.15) is 6.42 Å². The molecule has 0 aromatic heterocycles. The van der Waals surface area contributed by atoms with Crippen molar-refractivity contribution in [1.29, 1.82) is 0 Å². The fourth-order valence-electron chi connectivity index (χ4n) is 0.636. The molecule has 0 atom stereocenters. The van der Waals surface area contributed by atoms with Crippen molar-refractivity contribution in [2.24, 2.45) is 0 Å². The van der Waals surface area contributed by atoms with Gasteiger partial charge in [-0.05, 0) is 6.42 Å². The molecule has 8 heavy (non-hydrogen) atoms. The lowest BCUT2D eigenvalue weighted by Gasteiger charge is -1.99. The zero-order chi connectivity index (χ0) is 6.41. The summed E-state index contributed by atoms with van der Waals surface area (Å²) in [6.45, 7) is 5.69. The first-order valence-electron chi connectivity index (χ1n) is 3.26. The van der Waals surface area contributed by atoms with Gasteiger partial charge < -0.3 is 4.74 Å². The zero-order valence-corrected chi connectivity index (χ0v) is 7.26. The largest absolute Gasteiger partial charge is 0.385 e. The average molecular weight is 132 g/mol. The van der Waals surface area contributed by atoms with E-state index < -0.39 is 0 Å². The molecule has 0 fully saturated rings. The van der Waals surface area contributed by atoms with Gasteiger partial charge >= 0.3 is 0 Å². The first-order valence-corrected chi connectivity index (χ1v) is 6.39. The van der Waals surface area contributed by atoms with Gasteiger partial charge in [0.25, 0.3) is 0 Å². The standard InChI is InChI=1S/C6H16OSi/c1-7-5-4-6-8(2)3/h8H,4-6H2,1-3H3. The second-order valence-corrected chi connectivity index (χ2v) is 5.89. The molecule has 0 aliphatic rings. The molecule has 0 unspecified atom stereocenters. The number of methoxy groups -OCH3 is 1. The van der Waals surface area contributed by atoms with E-state index in [1.54, 1.807) is 7.11 Å². The van der Waals surface area contributed by atoms with Crippen molar-refractivity contribution in [3.63, 3.8) is 0 Å². The Morgan fingerprint density at radius 3 is 2.38 bits per heavy atom. The van der Waals surface area contributed by atoms with Crippen molar-refractivity contribution in [1.82, 2.24) is 0 Å². The Morgan fingerprint density at radius 1 is 1.38 bits per heavy atom. The molecule has 1 nitrogen and oxygen atoms in total. The van der Waals surface area contributed by atoms with E-state index in [0.29, 0.717) is 0 Å². The molecule has 2 heteroatoms. The molecular formula is C6H16OSi. The quantitative estimate of drug-likeness (QED) is 0.416. The summed E-state index contributed by atoms with van der Waals surface area (Å²) in [6, 6.07) is 1.42. The van der Waals surface area contributed by atoms with Crippen LogP contribution in [0.2, 0.25) is 19.1 Å². The lowest BCUT2D eigenvalue weighted by molar-refractivity contribution is 0.199. The molecule has 0 spiro atoms. The number of ether oxygens (including phenoxy) is 1. The smallest absolute Gasteiger partial charge is 0.0459 e. The first kappa shape index (κ1) is 8.18. The summed E-state index contributed by atoms with van der Waals surface area (Å²) in [5.41, 5.74) is 0. The van der Waals surface area contributed by atoms with Crippen LogP contribution >= 0.6 is 0 Å². The molecule has 0 aliphatic carbocycles. The molecule has 0 heterocycles. The number of rotatable bonds is 4. The highest BCUT2D eigenvalue weighted by Crippen LogP contribution is 1.95. The lowest BCUT2D eigenvalue weighted by atomic mass is 10.5. The van der Waals surface area contributed by atoms with Gasteiger partial charge in [-0.1, -0.05) is 19.1 Å². The molecule has 50 valence electrons. The minimum atomic E-state index is -0.282. The fraction of sp³-hybridized carbons (Fsp3) is 1.00. The summed E-state index contributed by atoms with van der Waals surface area (Å²) >= 11 is 0. The average Bonchev–Trinajstić information content (AvgIpc) is 1.66. The Labute approximate surface area is 53.7 Å². The van der Waals surface area contributed by atoms with Crippen molar-refractivity contribution in [2.75, 3.05) is 13.7 Å². The van der Waals surface area contributed by atoms with Crippen LogP contribution in [0, 0.1) is 0 Å². The van der Waals surface area contributed by atoms with Crippen molar-refractivity contribution in [3.05, 3.63) is 0 Å². The van der Waals surface area contributed by atoms with Crippen LogP contribution in [0.3, 0.4) is 0 Å². The minimum Gasteiger partial charge on any atom is -0.385 e. The molecule has 0 saturated carbocycles. The molecule has 0 aliphatic heterocycles. The SMILES string of the molecule is COCCC[SiH](C)C. The molecule has 0 saturated heterocycles. The lowest BCUT2D eigenvalue weighted by Crippen LogP contribution is -2.00. The Hall–Kier alpha value is 0.177. The predicted octanol–water partition coefficient (Wildman–Crippen LogP) is 1.51. The Bertz CT molecular complexity index is 45.8. The maximum absolute atomic E-state index is 4.91. The topological polar surface area (TPSA) is 9.23 Å². The van der Waals surface area contributed by atoms with Crippen LogP contribution in [0.25, 0.3) is 0 Å². The van der Waals surface area contributed by atoms with Crippen LogP contribution in [0.5, 0.6) is 0 Å². The van der Waals surface area contributed by atoms with Gasteiger partial charge in [-0.25, -0.2) is 0 Å². The van der Waals surface area contributed by atoms with Crippen molar-refractivity contribution in [3.8, 4) is 0 Å². The van der Waals surface area contributed by atoms with Gasteiger partial charge in [-0.15, -0.1) is 0 Å². The molecular weight excluding hydrogens is 116 g/mol. The van der Waals surface area contributed by atoms with E-state index in [2.05, 4.69) is 13.1 Å². The van der Waals surface area contributed by atoms with Gasteiger partial charge in [0.15, 0.2) is 0 Å². The van der Waals surface area contributed by atoms with Crippen molar-refractivity contribution in [2.45, 2.75) is 25.6 Å². The molecule has 0 rings (SSSR count). The van der Waals surface area contributed by atoms with Gasteiger partial charge in [0.2, 0.25) is 0 Å². The second-order valence-electron chi connectivity index (χ2n) is 2.53. The van der Waals surface area contributed by atoms with E-state index in [4.69, 9.17) is 4.74 Å². The van der Waals surface area contributed by atoms with Crippen molar-refractivity contribution >= 4 is 8.80 Å². The van der Waals surface area contributed by atoms with Gasteiger partial charge in [-0.2, -0.15) is 0 Å². The fourth-order valence-corrected chi connectivity index (χ4v) is 1.62. The third-order valence-corrected chi connectivity index (χ3v) is 2.69. The van der Waals surface area contributed by atoms with E-state index in [0.717, 1.165) is 6.61 Å². The summed E-state index contributed by atoms with van der Waals surface area (Å²) in [4.78, 5) is 0. The Kier molecular flexibility index (Phi) is 5.43. The van der Waals surface area contributed by atoms with Gasteiger partial charge in [0.05, 0.1) is 0 Å². The van der Waals surface area contributed by atoms with Crippen LogP contribution in [0.15, 0.2) is 0 Å². The molecule has 0 aromatic rings. The number of hydrogen-bond donors (Lipinski definition) is 0. The number of hydrogen-bond acceptors (Lipinski definition) is 1. The summed E-state index contributed by atoms with van der Waals surface area (Å²) in [6.07, 6.45) is 1.26. The highest BCUT2D eigenvalue weighted by molar-refractivity contribution is 6.55.